The molecule has 0 atom stereocenters. The van der Waals surface area contributed by atoms with Crippen LogP contribution in [0, 0.1) is 5.41 Å². The van der Waals surface area contributed by atoms with Crippen LogP contribution in [0.5, 0.6) is 0 Å². The SMILES string of the molecule is CC(C)(C)C(=O)N1CCc2cnc(N)nc2C1. The van der Waals surface area contributed by atoms with E-state index in [0.717, 1.165) is 24.2 Å². The van der Waals surface area contributed by atoms with Crippen molar-refractivity contribution < 1.29 is 4.79 Å². The second-order valence-electron chi connectivity index (χ2n) is 5.43. The van der Waals surface area contributed by atoms with Crippen molar-refractivity contribution in [2.24, 2.45) is 5.41 Å². The number of nitrogens with zero attached hydrogens (tertiary/aromatic N) is 3. The smallest absolute Gasteiger partial charge is 0.228 e. The van der Waals surface area contributed by atoms with Crippen LogP contribution >= 0.6 is 0 Å². The molecule has 0 spiro atoms. The summed E-state index contributed by atoms with van der Waals surface area (Å²) in [5.41, 5.74) is 7.18. The number of hydrogen-bond acceptors (Lipinski definition) is 4. The molecular weight excluding hydrogens is 216 g/mol. The van der Waals surface area contributed by atoms with E-state index in [1.165, 1.54) is 0 Å². The van der Waals surface area contributed by atoms with Crippen molar-refractivity contribution in [1.29, 1.82) is 0 Å². The van der Waals surface area contributed by atoms with Crippen LogP contribution in [0.3, 0.4) is 0 Å². The monoisotopic (exact) mass is 234 g/mol. The molecule has 0 aliphatic carbocycles. The van der Waals surface area contributed by atoms with E-state index in [2.05, 4.69) is 9.97 Å². The zero-order chi connectivity index (χ0) is 12.6. The molecule has 1 aliphatic rings. The van der Waals surface area contributed by atoms with E-state index in [9.17, 15) is 4.79 Å². The van der Waals surface area contributed by atoms with Crippen molar-refractivity contribution in [1.82, 2.24) is 14.9 Å². The fourth-order valence-corrected chi connectivity index (χ4v) is 1.97. The van der Waals surface area contributed by atoms with Gasteiger partial charge < -0.3 is 10.6 Å². The van der Waals surface area contributed by atoms with Crippen molar-refractivity contribution in [3.05, 3.63) is 17.5 Å². The Morgan fingerprint density at radius 2 is 2.18 bits per heavy atom. The van der Waals surface area contributed by atoms with Gasteiger partial charge in [0.1, 0.15) is 0 Å². The zero-order valence-corrected chi connectivity index (χ0v) is 10.5. The van der Waals surface area contributed by atoms with Crippen LogP contribution in [-0.4, -0.2) is 27.3 Å². The average Bonchev–Trinajstić information content (AvgIpc) is 2.25. The van der Waals surface area contributed by atoms with Gasteiger partial charge in [-0.05, 0) is 12.0 Å². The minimum absolute atomic E-state index is 0.153. The minimum atomic E-state index is -0.351. The van der Waals surface area contributed by atoms with Gasteiger partial charge in [-0.2, -0.15) is 0 Å². The van der Waals surface area contributed by atoms with Crippen molar-refractivity contribution in [2.45, 2.75) is 33.7 Å². The third kappa shape index (κ3) is 2.38. The van der Waals surface area contributed by atoms with Crippen LogP contribution in [-0.2, 0) is 17.8 Å². The summed E-state index contributed by atoms with van der Waals surface area (Å²) in [5, 5.41) is 0. The highest BCUT2D eigenvalue weighted by Gasteiger charge is 2.30. The summed E-state index contributed by atoms with van der Waals surface area (Å²) in [4.78, 5) is 22.2. The Bertz CT molecular complexity index is 450. The quantitative estimate of drug-likeness (QED) is 0.726. The summed E-state index contributed by atoms with van der Waals surface area (Å²) in [7, 11) is 0. The second-order valence-corrected chi connectivity index (χ2v) is 5.43. The molecule has 92 valence electrons. The predicted molar refractivity (Wildman–Crippen MR) is 65.0 cm³/mol. The molecule has 0 bridgehead atoms. The van der Waals surface area contributed by atoms with E-state index in [1.54, 1.807) is 6.20 Å². The highest BCUT2D eigenvalue weighted by molar-refractivity contribution is 5.81. The largest absolute Gasteiger partial charge is 0.368 e. The molecule has 1 amide bonds. The Morgan fingerprint density at radius 1 is 1.47 bits per heavy atom. The molecule has 1 aromatic heterocycles. The number of rotatable bonds is 0. The molecule has 1 aromatic rings. The standard InChI is InChI=1S/C12H18N4O/c1-12(2,3)10(17)16-5-4-8-6-14-11(13)15-9(8)7-16/h6H,4-5,7H2,1-3H3,(H2,13,14,15). The number of nitrogen functional groups attached to an aromatic ring is 1. The molecule has 0 radical (unpaired) electrons. The molecule has 0 aromatic carbocycles. The summed E-state index contributed by atoms with van der Waals surface area (Å²) < 4.78 is 0. The van der Waals surface area contributed by atoms with E-state index >= 15 is 0 Å². The number of aromatic nitrogens is 2. The first-order valence-electron chi connectivity index (χ1n) is 5.77. The Kier molecular flexibility index (Phi) is 2.77. The molecule has 0 fully saturated rings. The lowest BCUT2D eigenvalue weighted by molar-refractivity contribution is -0.140. The maximum atomic E-state index is 12.2. The first-order chi connectivity index (χ1) is 7.88. The Hall–Kier alpha value is -1.65. The summed E-state index contributed by atoms with van der Waals surface area (Å²) in [6.45, 7) is 7.06. The molecule has 2 N–H and O–H groups in total. The Labute approximate surface area is 101 Å². The number of anilines is 1. The third-order valence-corrected chi connectivity index (χ3v) is 2.89. The molecule has 5 nitrogen and oxygen atoms in total. The predicted octanol–water partition coefficient (Wildman–Crippen LogP) is 0.990. The van der Waals surface area contributed by atoms with Gasteiger partial charge in [0, 0.05) is 18.2 Å². The number of carbonyl (C=O) groups is 1. The van der Waals surface area contributed by atoms with E-state index < -0.39 is 0 Å². The van der Waals surface area contributed by atoms with Crippen molar-refractivity contribution in [2.75, 3.05) is 12.3 Å². The van der Waals surface area contributed by atoms with Crippen LogP contribution in [0.15, 0.2) is 6.20 Å². The molecule has 17 heavy (non-hydrogen) atoms. The normalized spacial score (nSPS) is 15.6. The number of carbonyl (C=O) groups excluding carboxylic acids is 1. The molecule has 5 heteroatoms. The molecule has 2 heterocycles. The summed E-state index contributed by atoms with van der Waals surface area (Å²) >= 11 is 0. The molecule has 0 unspecified atom stereocenters. The molecule has 2 rings (SSSR count). The van der Waals surface area contributed by atoms with Crippen LogP contribution in [0.2, 0.25) is 0 Å². The maximum absolute atomic E-state index is 12.2. The molecule has 0 saturated heterocycles. The van der Waals surface area contributed by atoms with E-state index in [1.807, 2.05) is 25.7 Å². The number of nitrogens with two attached hydrogens (primary N) is 1. The maximum Gasteiger partial charge on any atom is 0.228 e. The number of amides is 1. The van der Waals surface area contributed by atoms with Crippen molar-refractivity contribution in [3.63, 3.8) is 0 Å². The van der Waals surface area contributed by atoms with Crippen LogP contribution < -0.4 is 5.73 Å². The van der Waals surface area contributed by atoms with Gasteiger partial charge in [-0.25, -0.2) is 9.97 Å². The lowest BCUT2D eigenvalue weighted by Crippen LogP contribution is -2.42. The van der Waals surface area contributed by atoms with Gasteiger partial charge in [-0.3, -0.25) is 4.79 Å². The lowest BCUT2D eigenvalue weighted by atomic mass is 9.93. The molecule has 1 aliphatic heterocycles. The minimum Gasteiger partial charge on any atom is -0.368 e. The lowest BCUT2D eigenvalue weighted by Gasteiger charge is -2.32. The van der Waals surface area contributed by atoms with Gasteiger partial charge in [0.25, 0.3) is 0 Å². The summed E-state index contributed by atoms with van der Waals surface area (Å²) in [6, 6.07) is 0. The van der Waals surface area contributed by atoms with Crippen LogP contribution in [0.4, 0.5) is 5.95 Å². The highest BCUT2D eigenvalue weighted by Crippen LogP contribution is 2.23. The number of fused-ring (bicyclic) bond motifs is 1. The summed E-state index contributed by atoms with van der Waals surface area (Å²) in [5.74, 6) is 0.425. The first kappa shape index (κ1) is 11.8. The van der Waals surface area contributed by atoms with E-state index in [0.29, 0.717) is 6.54 Å². The van der Waals surface area contributed by atoms with Gasteiger partial charge in [0.15, 0.2) is 0 Å². The number of hydrogen-bond donors (Lipinski definition) is 1. The van der Waals surface area contributed by atoms with Crippen LogP contribution in [0.1, 0.15) is 32.0 Å². The average molecular weight is 234 g/mol. The fraction of sp³-hybridized carbons (Fsp3) is 0.583. The first-order valence-corrected chi connectivity index (χ1v) is 5.77. The van der Waals surface area contributed by atoms with Crippen LogP contribution in [0.25, 0.3) is 0 Å². The Balaban J connectivity index is 2.21. The highest BCUT2D eigenvalue weighted by atomic mass is 16.2. The fourth-order valence-electron chi connectivity index (χ4n) is 1.97. The van der Waals surface area contributed by atoms with E-state index in [-0.39, 0.29) is 17.3 Å². The third-order valence-electron chi connectivity index (χ3n) is 2.89. The van der Waals surface area contributed by atoms with Gasteiger partial charge in [-0.1, -0.05) is 20.8 Å². The van der Waals surface area contributed by atoms with Gasteiger partial charge >= 0.3 is 0 Å². The zero-order valence-electron chi connectivity index (χ0n) is 10.5. The summed E-state index contributed by atoms with van der Waals surface area (Å²) in [6.07, 6.45) is 2.56. The van der Waals surface area contributed by atoms with Gasteiger partial charge in [0.05, 0.1) is 12.2 Å². The van der Waals surface area contributed by atoms with Gasteiger partial charge in [0.2, 0.25) is 11.9 Å². The molecule has 0 saturated carbocycles. The topological polar surface area (TPSA) is 72.1 Å². The van der Waals surface area contributed by atoms with Crippen molar-refractivity contribution >= 4 is 11.9 Å². The van der Waals surface area contributed by atoms with Gasteiger partial charge in [-0.15, -0.1) is 0 Å². The molecular formula is C12H18N4O. The van der Waals surface area contributed by atoms with Crippen molar-refractivity contribution in [3.8, 4) is 0 Å². The second kappa shape index (κ2) is 3.98. The Morgan fingerprint density at radius 3 is 2.82 bits per heavy atom. The van der Waals surface area contributed by atoms with E-state index in [4.69, 9.17) is 5.73 Å².